The summed E-state index contributed by atoms with van der Waals surface area (Å²) in [7, 11) is -0.374. The van der Waals surface area contributed by atoms with Crippen molar-refractivity contribution < 1.29 is 13.2 Å². The first kappa shape index (κ1) is 21.1. The summed E-state index contributed by atoms with van der Waals surface area (Å²) in [5, 5.41) is 1.47. The summed E-state index contributed by atoms with van der Waals surface area (Å²) in [5.41, 5.74) is 2.44. The van der Waals surface area contributed by atoms with E-state index in [1.807, 2.05) is 19.1 Å². The molecule has 1 amide bonds. The monoisotopic (exact) mass is 427 g/mol. The number of hydrogen-bond acceptors (Lipinski definition) is 3. The highest BCUT2D eigenvalue weighted by Crippen LogP contribution is 2.26. The number of anilines is 1. The molecule has 144 valence electrons. The highest BCUT2D eigenvalue weighted by Gasteiger charge is 2.16. The van der Waals surface area contributed by atoms with Crippen LogP contribution in [0.3, 0.4) is 0 Å². The molecule has 0 radical (unpaired) electrons. The SMILES string of the molecule is CN(C)C=O.Cc1cc2cc(NS(=O)(=O)c3cc(Cl)cc(Cl)c3)ccc2[nH]1. The van der Waals surface area contributed by atoms with E-state index in [1.165, 1.54) is 23.1 Å². The molecule has 1 aromatic heterocycles. The number of aromatic nitrogens is 1. The van der Waals surface area contributed by atoms with Crippen LogP contribution in [0.4, 0.5) is 5.69 Å². The predicted molar refractivity (Wildman–Crippen MR) is 110 cm³/mol. The molecular weight excluding hydrogens is 409 g/mol. The second-order valence-electron chi connectivity index (χ2n) is 6.03. The van der Waals surface area contributed by atoms with E-state index in [0.29, 0.717) is 5.69 Å². The summed E-state index contributed by atoms with van der Waals surface area (Å²) in [6.07, 6.45) is 0.750. The van der Waals surface area contributed by atoms with Crippen LogP contribution in [0.5, 0.6) is 0 Å². The van der Waals surface area contributed by atoms with E-state index in [0.717, 1.165) is 23.0 Å². The minimum atomic E-state index is -3.75. The summed E-state index contributed by atoms with van der Waals surface area (Å²) >= 11 is 11.7. The first-order valence-corrected chi connectivity index (χ1v) is 10.0. The number of rotatable bonds is 4. The molecule has 6 nitrogen and oxygen atoms in total. The lowest BCUT2D eigenvalue weighted by Crippen LogP contribution is -2.12. The minimum Gasteiger partial charge on any atom is -0.359 e. The number of amides is 1. The van der Waals surface area contributed by atoms with Crippen LogP contribution in [0.1, 0.15) is 5.69 Å². The van der Waals surface area contributed by atoms with Gasteiger partial charge in [-0.25, -0.2) is 8.42 Å². The third kappa shape index (κ3) is 5.89. The van der Waals surface area contributed by atoms with Gasteiger partial charge in [-0.1, -0.05) is 23.2 Å². The van der Waals surface area contributed by atoms with Crippen molar-refractivity contribution in [3.63, 3.8) is 0 Å². The lowest BCUT2D eigenvalue weighted by molar-refractivity contribution is -0.115. The van der Waals surface area contributed by atoms with Crippen molar-refractivity contribution in [2.24, 2.45) is 0 Å². The van der Waals surface area contributed by atoms with E-state index in [2.05, 4.69) is 9.71 Å². The van der Waals surface area contributed by atoms with Crippen molar-refractivity contribution >= 4 is 56.2 Å². The molecule has 0 saturated heterocycles. The fraction of sp³-hybridized carbons (Fsp3) is 0.167. The van der Waals surface area contributed by atoms with Crippen LogP contribution >= 0.6 is 23.2 Å². The van der Waals surface area contributed by atoms with Gasteiger partial charge in [0.2, 0.25) is 6.41 Å². The lowest BCUT2D eigenvalue weighted by Gasteiger charge is -2.09. The smallest absolute Gasteiger partial charge is 0.261 e. The minimum absolute atomic E-state index is 0.0235. The van der Waals surface area contributed by atoms with E-state index in [4.69, 9.17) is 23.2 Å². The Hall–Kier alpha value is -2.22. The van der Waals surface area contributed by atoms with Crippen LogP contribution < -0.4 is 4.72 Å². The molecule has 0 saturated carbocycles. The van der Waals surface area contributed by atoms with Crippen LogP contribution in [0.15, 0.2) is 47.4 Å². The number of aromatic amines is 1. The Morgan fingerprint density at radius 3 is 2.19 bits per heavy atom. The summed E-state index contributed by atoms with van der Waals surface area (Å²) in [6.45, 7) is 1.94. The van der Waals surface area contributed by atoms with Gasteiger partial charge in [-0.3, -0.25) is 9.52 Å². The zero-order valence-electron chi connectivity index (χ0n) is 15.0. The van der Waals surface area contributed by atoms with Crippen molar-refractivity contribution in [2.75, 3.05) is 18.8 Å². The lowest BCUT2D eigenvalue weighted by atomic mass is 10.2. The summed E-state index contributed by atoms with van der Waals surface area (Å²) < 4.78 is 27.4. The number of benzene rings is 2. The molecule has 0 atom stereocenters. The standard InChI is InChI=1S/C15H12Cl2N2O2S.C3H7NO/c1-9-4-10-5-13(2-3-15(10)18-9)19-22(20,21)14-7-11(16)6-12(17)8-14;1-4(2)3-5/h2-8,18-19H,1H3;3H,1-2H3. The first-order valence-electron chi connectivity index (χ1n) is 7.81. The molecule has 27 heavy (non-hydrogen) atoms. The summed E-state index contributed by atoms with van der Waals surface area (Å²) in [5.74, 6) is 0. The van der Waals surface area contributed by atoms with Gasteiger partial charge < -0.3 is 9.88 Å². The molecule has 0 unspecified atom stereocenters. The van der Waals surface area contributed by atoms with Crippen molar-refractivity contribution in [1.82, 2.24) is 9.88 Å². The van der Waals surface area contributed by atoms with Crippen LogP contribution in [0, 0.1) is 6.92 Å². The number of aryl methyl sites for hydroxylation is 1. The van der Waals surface area contributed by atoms with E-state index in [9.17, 15) is 13.2 Å². The number of nitrogens with zero attached hydrogens (tertiary/aromatic N) is 1. The third-order valence-corrected chi connectivity index (χ3v) is 5.16. The number of sulfonamides is 1. The van der Waals surface area contributed by atoms with E-state index >= 15 is 0 Å². The predicted octanol–water partition coefficient (Wildman–Crippen LogP) is 4.29. The number of hydrogen-bond donors (Lipinski definition) is 2. The van der Waals surface area contributed by atoms with Crippen molar-refractivity contribution in [2.45, 2.75) is 11.8 Å². The molecule has 3 rings (SSSR count). The zero-order chi connectivity index (χ0) is 20.2. The molecule has 0 spiro atoms. The fourth-order valence-corrected chi connectivity index (χ4v) is 4.01. The third-order valence-electron chi connectivity index (χ3n) is 3.36. The molecule has 2 aromatic carbocycles. The van der Waals surface area contributed by atoms with E-state index in [-0.39, 0.29) is 14.9 Å². The molecule has 0 bridgehead atoms. The van der Waals surface area contributed by atoms with Gasteiger partial charge >= 0.3 is 0 Å². The largest absolute Gasteiger partial charge is 0.359 e. The molecule has 3 aromatic rings. The van der Waals surface area contributed by atoms with Crippen molar-refractivity contribution in [3.05, 3.63) is 58.2 Å². The molecular formula is C18H19Cl2N3O3S. The Kier molecular flexibility index (Phi) is 6.75. The molecule has 1 heterocycles. The number of carbonyl (C=O) groups is 1. The quantitative estimate of drug-likeness (QED) is 0.609. The Morgan fingerprint density at radius 2 is 1.63 bits per heavy atom. The van der Waals surface area contributed by atoms with Gasteiger partial charge in [0.05, 0.1) is 4.90 Å². The zero-order valence-corrected chi connectivity index (χ0v) is 17.3. The van der Waals surface area contributed by atoms with Gasteiger partial charge in [-0.05, 0) is 49.4 Å². The Morgan fingerprint density at radius 1 is 1.04 bits per heavy atom. The number of halogens is 2. The number of carbonyl (C=O) groups excluding carboxylic acids is 1. The topological polar surface area (TPSA) is 82.3 Å². The number of fused-ring (bicyclic) bond motifs is 1. The van der Waals surface area contributed by atoms with E-state index < -0.39 is 10.0 Å². The van der Waals surface area contributed by atoms with Gasteiger partial charge in [0, 0.05) is 46.4 Å². The highest BCUT2D eigenvalue weighted by molar-refractivity contribution is 7.92. The fourth-order valence-electron chi connectivity index (χ4n) is 2.24. The molecule has 2 N–H and O–H groups in total. The maximum Gasteiger partial charge on any atom is 0.261 e. The maximum absolute atomic E-state index is 12.4. The average Bonchev–Trinajstić information content (AvgIpc) is 2.93. The maximum atomic E-state index is 12.4. The summed E-state index contributed by atoms with van der Waals surface area (Å²) in [4.78, 5) is 14.1. The first-order chi connectivity index (χ1) is 12.6. The number of H-pyrrole nitrogens is 1. The molecule has 0 aliphatic carbocycles. The highest BCUT2D eigenvalue weighted by atomic mass is 35.5. The molecule has 0 aliphatic rings. The normalized spacial score (nSPS) is 10.9. The molecule has 0 fully saturated rings. The Balaban J connectivity index is 0.000000465. The van der Waals surface area contributed by atoms with Gasteiger partial charge in [-0.2, -0.15) is 0 Å². The summed E-state index contributed by atoms with van der Waals surface area (Å²) in [6, 6.07) is 11.4. The Bertz CT molecular complexity index is 1040. The van der Waals surface area contributed by atoms with E-state index in [1.54, 1.807) is 26.2 Å². The molecule has 0 aliphatic heterocycles. The van der Waals surface area contributed by atoms with Crippen LogP contribution in [-0.4, -0.2) is 38.8 Å². The van der Waals surface area contributed by atoms with Crippen molar-refractivity contribution in [3.8, 4) is 0 Å². The molecule has 9 heteroatoms. The second kappa shape index (κ2) is 8.65. The van der Waals surface area contributed by atoms with Crippen molar-refractivity contribution in [1.29, 1.82) is 0 Å². The van der Waals surface area contributed by atoms with Gasteiger partial charge in [0.25, 0.3) is 10.0 Å². The van der Waals surface area contributed by atoms with Gasteiger partial charge in [-0.15, -0.1) is 0 Å². The average molecular weight is 428 g/mol. The second-order valence-corrected chi connectivity index (χ2v) is 8.59. The van der Waals surface area contributed by atoms with Crippen LogP contribution in [-0.2, 0) is 14.8 Å². The van der Waals surface area contributed by atoms with Crippen LogP contribution in [0.25, 0.3) is 10.9 Å². The number of nitrogens with one attached hydrogen (secondary N) is 2. The van der Waals surface area contributed by atoms with Gasteiger partial charge in [0.15, 0.2) is 0 Å². The van der Waals surface area contributed by atoms with Crippen LogP contribution in [0.2, 0.25) is 10.0 Å². The van der Waals surface area contributed by atoms with Gasteiger partial charge in [0.1, 0.15) is 0 Å². The Labute approximate surface area is 168 Å².